The minimum absolute atomic E-state index is 0.144. The zero-order valence-corrected chi connectivity index (χ0v) is 17.1. The quantitative estimate of drug-likeness (QED) is 0.601. The summed E-state index contributed by atoms with van der Waals surface area (Å²) in [7, 11) is 0. The molecular formula is C21H25F2N5O. The Morgan fingerprint density at radius 3 is 2.66 bits per heavy atom. The van der Waals surface area contributed by atoms with E-state index in [2.05, 4.69) is 22.2 Å². The monoisotopic (exact) mass is 401 g/mol. The third-order valence-corrected chi connectivity index (χ3v) is 4.61. The van der Waals surface area contributed by atoms with Crippen LogP contribution in [0.15, 0.2) is 24.3 Å². The van der Waals surface area contributed by atoms with Crippen LogP contribution < -0.4 is 0 Å². The summed E-state index contributed by atoms with van der Waals surface area (Å²) in [6.07, 6.45) is 1.66. The van der Waals surface area contributed by atoms with Gasteiger partial charge in [-0.25, -0.2) is 8.78 Å². The third-order valence-electron chi connectivity index (χ3n) is 4.61. The highest BCUT2D eigenvalue weighted by atomic mass is 19.1. The smallest absolute Gasteiger partial charge is 0.257 e. The van der Waals surface area contributed by atoms with E-state index in [1.165, 1.54) is 4.90 Å². The minimum Gasteiger partial charge on any atom is -0.332 e. The molecule has 1 aromatic carbocycles. The first-order valence-corrected chi connectivity index (χ1v) is 9.75. The summed E-state index contributed by atoms with van der Waals surface area (Å²) >= 11 is 0. The van der Waals surface area contributed by atoms with Crippen LogP contribution in [-0.4, -0.2) is 37.2 Å². The van der Waals surface area contributed by atoms with Crippen molar-refractivity contribution in [3.05, 3.63) is 58.5 Å². The van der Waals surface area contributed by atoms with Crippen LogP contribution >= 0.6 is 0 Å². The highest BCUT2D eigenvalue weighted by Crippen LogP contribution is 2.19. The van der Waals surface area contributed by atoms with Crippen LogP contribution in [0.1, 0.15) is 54.6 Å². The lowest BCUT2D eigenvalue weighted by atomic mass is 10.1. The van der Waals surface area contributed by atoms with Crippen LogP contribution in [0.4, 0.5) is 8.78 Å². The molecule has 3 aromatic rings. The van der Waals surface area contributed by atoms with Crippen molar-refractivity contribution in [2.24, 2.45) is 5.92 Å². The first-order chi connectivity index (χ1) is 13.8. The number of aryl methyl sites for hydroxylation is 2. The van der Waals surface area contributed by atoms with Crippen molar-refractivity contribution in [2.75, 3.05) is 6.54 Å². The Bertz CT molecular complexity index is 1030. The molecule has 29 heavy (non-hydrogen) atoms. The van der Waals surface area contributed by atoms with E-state index in [9.17, 15) is 13.6 Å². The van der Waals surface area contributed by atoms with Gasteiger partial charge in [0.25, 0.3) is 5.91 Å². The van der Waals surface area contributed by atoms with Crippen LogP contribution in [0.25, 0.3) is 5.65 Å². The van der Waals surface area contributed by atoms with Crippen LogP contribution in [-0.2, 0) is 13.0 Å². The molecule has 0 fully saturated rings. The molecule has 0 radical (unpaired) electrons. The molecule has 3 rings (SSSR count). The molecule has 0 unspecified atom stereocenters. The first kappa shape index (κ1) is 20.8. The Morgan fingerprint density at radius 1 is 1.21 bits per heavy atom. The van der Waals surface area contributed by atoms with Crippen molar-refractivity contribution >= 4 is 11.6 Å². The Balaban J connectivity index is 2.02. The lowest BCUT2D eigenvalue weighted by Crippen LogP contribution is -2.35. The Morgan fingerprint density at radius 2 is 1.97 bits per heavy atom. The highest BCUT2D eigenvalue weighted by molar-refractivity contribution is 5.94. The van der Waals surface area contributed by atoms with Crippen LogP contribution in [0, 0.1) is 24.5 Å². The Labute approximate surface area is 168 Å². The second-order valence-corrected chi connectivity index (χ2v) is 7.59. The maximum Gasteiger partial charge on any atom is 0.257 e. The van der Waals surface area contributed by atoms with Gasteiger partial charge in [0.15, 0.2) is 11.5 Å². The second kappa shape index (κ2) is 8.63. The number of aromatic nitrogens is 4. The van der Waals surface area contributed by atoms with Gasteiger partial charge in [-0.1, -0.05) is 27.2 Å². The number of benzene rings is 1. The predicted octanol–water partition coefficient (Wildman–Crippen LogP) is 3.96. The summed E-state index contributed by atoms with van der Waals surface area (Å²) in [5, 5.41) is 12.8. The van der Waals surface area contributed by atoms with E-state index in [1.54, 1.807) is 11.4 Å². The van der Waals surface area contributed by atoms with E-state index in [-0.39, 0.29) is 18.0 Å². The summed E-state index contributed by atoms with van der Waals surface area (Å²) in [6.45, 7) is 8.38. The summed E-state index contributed by atoms with van der Waals surface area (Å²) in [5.41, 5.74) is 2.04. The molecule has 0 atom stereocenters. The molecule has 0 spiro atoms. The topological polar surface area (TPSA) is 63.4 Å². The molecule has 1 amide bonds. The molecule has 0 bridgehead atoms. The number of carbonyl (C=O) groups is 1. The van der Waals surface area contributed by atoms with Crippen molar-refractivity contribution in [3.8, 4) is 0 Å². The largest absolute Gasteiger partial charge is 0.332 e. The number of amides is 1. The molecule has 2 heterocycles. The summed E-state index contributed by atoms with van der Waals surface area (Å²) < 4.78 is 29.5. The molecule has 0 aliphatic rings. The average molecular weight is 401 g/mol. The van der Waals surface area contributed by atoms with Crippen LogP contribution in [0.5, 0.6) is 0 Å². The Hall–Kier alpha value is -2.90. The van der Waals surface area contributed by atoms with Crippen molar-refractivity contribution < 1.29 is 13.6 Å². The standard InChI is InChI=1S/C21H25F2N5O/c1-5-6-15-9-20-25-24-14(4)28(20)26-19(15)12-27(11-13(2)3)21(29)17-10-16(22)7-8-18(17)23/h7-10,13H,5-6,11-12H2,1-4H3. The normalized spacial score (nSPS) is 11.4. The van der Waals surface area contributed by atoms with E-state index < -0.39 is 17.5 Å². The molecule has 154 valence electrons. The predicted molar refractivity (Wildman–Crippen MR) is 105 cm³/mol. The maximum absolute atomic E-state index is 14.2. The van der Waals surface area contributed by atoms with Crippen LogP contribution in [0.3, 0.4) is 0 Å². The second-order valence-electron chi connectivity index (χ2n) is 7.59. The highest BCUT2D eigenvalue weighted by Gasteiger charge is 2.23. The molecule has 0 saturated heterocycles. The van der Waals surface area contributed by atoms with Gasteiger partial charge in [-0.2, -0.15) is 9.61 Å². The van der Waals surface area contributed by atoms with E-state index in [0.29, 0.717) is 23.7 Å². The number of rotatable bonds is 7. The number of carbonyl (C=O) groups excluding carboxylic acids is 1. The van der Waals surface area contributed by atoms with E-state index in [4.69, 9.17) is 0 Å². The first-order valence-electron chi connectivity index (χ1n) is 9.75. The fourth-order valence-corrected chi connectivity index (χ4v) is 3.30. The fourth-order valence-electron chi connectivity index (χ4n) is 3.30. The third kappa shape index (κ3) is 4.58. The summed E-state index contributed by atoms with van der Waals surface area (Å²) in [5.74, 6) is -1.16. The molecule has 2 aromatic heterocycles. The number of halogens is 2. The van der Waals surface area contributed by atoms with E-state index in [1.807, 2.05) is 19.9 Å². The van der Waals surface area contributed by atoms with Gasteiger partial charge in [0.1, 0.15) is 11.6 Å². The Kier molecular flexibility index (Phi) is 6.20. The minimum atomic E-state index is -0.739. The lowest BCUT2D eigenvalue weighted by molar-refractivity contribution is 0.0714. The zero-order chi connectivity index (χ0) is 21.1. The molecule has 6 nitrogen and oxygen atoms in total. The molecular weight excluding hydrogens is 376 g/mol. The number of hydrogen-bond acceptors (Lipinski definition) is 4. The van der Waals surface area contributed by atoms with E-state index in [0.717, 1.165) is 36.6 Å². The molecule has 0 saturated carbocycles. The van der Waals surface area contributed by atoms with Gasteiger partial charge < -0.3 is 4.90 Å². The number of hydrogen-bond donors (Lipinski definition) is 0. The fraction of sp³-hybridized carbons (Fsp3) is 0.429. The molecule has 8 heteroatoms. The van der Waals surface area contributed by atoms with Gasteiger partial charge in [0.05, 0.1) is 17.8 Å². The SMILES string of the molecule is CCCc1cc2nnc(C)n2nc1CN(CC(C)C)C(=O)c1cc(F)ccc1F. The van der Waals surface area contributed by atoms with Crippen LogP contribution in [0.2, 0.25) is 0 Å². The van der Waals surface area contributed by atoms with Gasteiger partial charge in [-0.15, -0.1) is 10.2 Å². The molecule has 0 aliphatic heterocycles. The van der Waals surface area contributed by atoms with Crippen molar-refractivity contribution in [1.29, 1.82) is 0 Å². The van der Waals surface area contributed by atoms with Gasteiger partial charge in [0.2, 0.25) is 0 Å². The van der Waals surface area contributed by atoms with Gasteiger partial charge in [-0.3, -0.25) is 4.79 Å². The van der Waals surface area contributed by atoms with E-state index >= 15 is 0 Å². The molecule has 0 aliphatic carbocycles. The zero-order valence-electron chi connectivity index (χ0n) is 17.1. The van der Waals surface area contributed by atoms with Crippen molar-refractivity contribution in [3.63, 3.8) is 0 Å². The number of fused-ring (bicyclic) bond motifs is 1. The number of nitrogens with zero attached hydrogens (tertiary/aromatic N) is 5. The van der Waals surface area contributed by atoms with Gasteiger partial charge in [-0.05, 0) is 49.1 Å². The summed E-state index contributed by atoms with van der Waals surface area (Å²) in [6, 6.07) is 4.84. The lowest BCUT2D eigenvalue weighted by Gasteiger charge is -2.25. The molecule has 0 N–H and O–H groups in total. The van der Waals surface area contributed by atoms with Crippen molar-refractivity contribution in [2.45, 2.75) is 47.1 Å². The van der Waals surface area contributed by atoms with Gasteiger partial charge >= 0.3 is 0 Å². The summed E-state index contributed by atoms with van der Waals surface area (Å²) in [4.78, 5) is 14.6. The van der Waals surface area contributed by atoms with Gasteiger partial charge in [0, 0.05) is 6.54 Å². The average Bonchev–Trinajstić information content (AvgIpc) is 3.02. The maximum atomic E-state index is 14.2. The van der Waals surface area contributed by atoms with Crippen molar-refractivity contribution in [1.82, 2.24) is 24.7 Å².